The normalized spacial score (nSPS) is 16.6. The van der Waals surface area contributed by atoms with Crippen LogP contribution in [0.2, 0.25) is 0 Å². The Kier molecular flexibility index (Phi) is 5.50. The summed E-state index contributed by atoms with van der Waals surface area (Å²) >= 11 is 1.93. The van der Waals surface area contributed by atoms with E-state index in [9.17, 15) is 0 Å². The lowest BCUT2D eigenvalue weighted by Crippen LogP contribution is -2.09. The van der Waals surface area contributed by atoms with Crippen LogP contribution in [0.15, 0.2) is 0 Å². The maximum Gasteiger partial charge on any atom is 0.154 e. The van der Waals surface area contributed by atoms with E-state index in [0.717, 1.165) is 29.6 Å². The zero-order chi connectivity index (χ0) is 12.8. The third-order valence-electron chi connectivity index (χ3n) is 3.47. The van der Waals surface area contributed by atoms with Crippen LogP contribution in [0.1, 0.15) is 50.2 Å². The SMILES string of the molecule is CCSCCc1nc(C2CCCC2)nn1CCO. The fraction of sp³-hybridized carbons (Fsp3) is 0.846. The molecule has 102 valence electrons. The number of nitrogens with zero attached hydrogens (tertiary/aromatic N) is 3. The van der Waals surface area contributed by atoms with Crippen molar-refractivity contribution >= 4 is 11.8 Å². The molecular formula is C13H23N3OS. The average molecular weight is 269 g/mol. The van der Waals surface area contributed by atoms with Gasteiger partial charge < -0.3 is 5.11 Å². The largest absolute Gasteiger partial charge is 0.394 e. The van der Waals surface area contributed by atoms with Gasteiger partial charge in [-0.15, -0.1) is 0 Å². The summed E-state index contributed by atoms with van der Waals surface area (Å²) in [6.45, 7) is 2.89. The molecule has 0 aliphatic heterocycles. The van der Waals surface area contributed by atoms with Crippen LogP contribution >= 0.6 is 11.8 Å². The molecule has 0 spiro atoms. The van der Waals surface area contributed by atoms with Crippen molar-refractivity contribution in [2.24, 2.45) is 0 Å². The van der Waals surface area contributed by atoms with Crippen molar-refractivity contribution in [1.29, 1.82) is 0 Å². The van der Waals surface area contributed by atoms with Gasteiger partial charge in [-0.05, 0) is 18.6 Å². The molecule has 1 heterocycles. The predicted molar refractivity (Wildman–Crippen MR) is 75.0 cm³/mol. The van der Waals surface area contributed by atoms with Gasteiger partial charge in [0, 0.05) is 18.1 Å². The first-order chi connectivity index (χ1) is 8.85. The number of thioether (sulfide) groups is 1. The van der Waals surface area contributed by atoms with E-state index in [4.69, 9.17) is 10.1 Å². The molecular weight excluding hydrogens is 246 g/mol. The predicted octanol–water partition coefficient (Wildman–Crippen LogP) is 2.22. The minimum absolute atomic E-state index is 0.140. The van der Waals surface area contributed by atoms with Crippen LogP contribution in [0.5, 0.6) is 0 Å². The van der Waals surface area contributed by atoms with Crippen LogP contribution in [0.25, 0.3) is 0 Å². The van der Waals surface area contributed by atoms with E-state index in [-0.39, 0.29) is 6.61 Å². The summed E-state index contributed by atoms with van der Waals surface area (Å²) in [7, 11) is 0. The standard InChI is InChI=1S/C13H23N3OS/c1-2-18-10-7-12-14-13(11-5-3-4-6-11)15-16(12)8-9-17/h11,17H,2-10H2,1H3. The summed E-state index contributed by atoms with van der Waals surface area (Å²) in [6, 6.07) is 0. The van der Waals surface area contributed by atoms with Gasteiger partial charge in [0.05, 0.1) is 13.2 Å². The van der Waals surface area contributed by atoms with Gasteiger partial charge in [-0.25, -0.2) is 9.67 Å². The number of hydrogen-bond acceptors (Lipinski definition) is 4. The first-order valence-electron chi connectivity index (χ1n) is 6.97. The van der Waals surface area contributed by atoms with Gasteiger partial charge >= 0.3 is 0 Å². The van der Waals surface area contributed by atoms with Crippen LogP contribution < -0.4 is 0 Å². The molecule has 1 saturated carbocycles. The molecule has 1 aromatic rings. The van der Waals surface area contributed by atoms with Crippen molar-refractivity contribution in [1.82, 2.24) is 14.8 Å². The molecule has 4 nitrogen and oxygen atoms in total. The lowest BCUT2D eigenvalue weighted by molar-refractivity contribution is 0.266. The highest BCUT2D eigenvalue weighted by Gasteiger charge is 2.22. The summed E-state index contributed by atoms with van der Waals surface area (Å²) in [6.07, 6.45) is 6.03. The Hall–Kier alpha value is -0.550. The summed E-state index contributed by atoms with van der Waals surface area (Å²) in [5, 5.41) is 13.7. The molecule has 0 bridgehead atoms. The first-order valence-corrected chi connectivity index (χ1v) is 8.12. The van der Waals surface area contributed by atoms with E-state index in [0.29, 0.717) is 12.5 Å². The number of aromatic nitrogens is 3. The number of hydrogen-bond donors (Lipinski definition) is 1. The first kappa shape index (κ1) is 13.9. The Morgan fingerprint density at radius 2 is 2.17 bits per heavy atom. The lowest BCUT2D eigenvalue weighted by Gasteiger charge is -2.02. The summed E-state index contributed by atoms with van der Waals surface area (Å²) < 4.78 is 1.91. The summed E-state index contributed by atoms with van der Waals surface area (Å²) in [5.41, 5.74) is 0. The molecule has 0 unspecified atom stereocenters. The Bertz CT molecular complexity index is 361. The molecule has 18 heavy (non-hydrogen) atoms. The smallest absolute Gasteiger partial charge is 0.154 e. The van der Waals surface area contributed by atoms with Gasteiger partial charge in [-0.3, -0.25) is 0 Å². The van der Waals surface area contributed by atoms with Gasteiger partial charge in [-0.1, -0.05) is 19.8 Å². The second-order valence-electron chi connectivity index (χ2n) is 4.76. The van der Waals surface area contributed by atoms with Crippen LogP contribution in [-0.4, -0.2) is 38.0 Å². The van der Waals surface area contributed by atoms with E-state index < -0.39 is 0 Å². The maximum absolute atomic E-state index is 9.10. The highest BCUT2D eigenvalue weighted by atomic mass is 32.2. The fourth-order valence-electron chi connectivity index (χ4n) is 2.52. The van der Waals surface area contributed by atoms with Crippen LogP contribution in [0, 0.1) is 0 Å². The number of aliphatic hydroxyl groups excluding tert-OH is 1. The Morgan fingerprint density at radius 3 is 2.83 bits per heavy atom. The number of rotatable bonds is 7. The van der Waals surface area contributed by atoms with Crippen LogP contribution in [0.4, 0.5) is 0 Å². The molecule has 1 aliphatic carbocycles. The Morgan fingerprint density at radius 1 is 1.39 bits per heavy atom. The van der Waals surface area contributed by atoms with E-state index in [2.05, 4.69) is 12.0 Å². The third-order valence-corrected chi connectivity index (χ3v) is 4.37. The van der Waals surface area contributed by atoms with Gasteiger partial charge in [0.15, 0.2) is 5.82 Å². The quantitative estimate of drug-likeness (QED) is 0.771. The molecule has 1 aromatic heterocycles. The fourth-order valence-corrected chi connectivity index (χ4v) is 3.13. The molecule has 5 heteroatoms. The van der Waals surface area contributed by atoms with Crippen molar-refractivity contribution in [3.63, 3.8) is 0 Å². The third kappa shape index (κ3) is 3.48. The van der Waals surface area contributed by atoms with Crippen molar-refractivity contribution in [2.75, 3.05) is 18.1 Å². The van der Waals surface area contributed by atoms with Crippen molar-refractivity contribution in [3.8, 4) is 0 Å². The lowest BCUT2D eigenvalue weighted by atomic mass is 10.1. The van der Waals surface area contributed by atoms with E-state index >= 15 is 0 Å². The highest BCUT2D eigenvalue weighted by molar-refractivity contribution is 7.99. The van der Waals surface area contributed by atoms with Gasteiger partial charge in [0.25, 0.3) is 0 Å². The molecule has 0 saturated heterocycles. The molecule has 1 N–H and O–H groups in total. The van der Waals surface area contributed by atoms with Crippen LogP contribution in [-0.2, 0) is 13.0 Å². The molecule has 1 aliphatic rings. The van der Waals surface area contributed by atoms with Gasteiger partial charge in [0.2, 0.25) is 0 Å². The van der Waals surface area contributed by atoms with Gasteiger partial charge in [-0.2, -0.15) is 16.9 Å². The number of aliphatic hydroxyl groups is 1. The van der Waals surface area contributed by atoms with Crippen molar-refractivity contribution in [3.05, 3.63) is 11.6 Å². The Labute approximate surface area is 113 Å². The number of aryl methyl sites for hydroxylation is 1. The Balaban J connectivity index is 2.04. The molecule has 0 radical (unpaired) electrons. The van der Waals surface area contributed by atoms with Crippen molar-refractivity contribution < 1.29 is 5.11 Å². The molecule has 0 atom stereocenters. The highest BCUT2D eigenvalue weighted by Crippen LogP contribution is 2.32. The zero-order valence-corrected chi connectivity index (χ0v) is 12.0. The van der Waals surface area contributed by atoms with E-state index in [1.165, 1.54) is 25.7 Å². The molecule has 1 fully saturated rings. The minimum atomic E-state index is 0.140. The second kappa shape index (κ2) is 7.14. The van der Waals surface area contributed by atoms with E-state index in [1.807, 2.05) is 16.4 Å². The monoisotopic (exact) mass is 269 g/mol. The van der Waals surface area contributed by atoms with E-state index in [1.54, 1.807) is 0 Å². The van der Waals surface area contributed by atoms with Gasteiger partial charge in [0.1, 0.15) is 5.82 Å². The summed E-state index contributed by atoms with van der Waals surface area (Å²) in [4.78, 5) is 4.71. The molecule has 0 aromatic carbocycles. The summed E-state index contributed by atoms with van der Waals surface area (Å²) in [5.74, 6) is 4.85. The molecule has 2 rings (SSSR count). The zero-order valence-electron chi connectivity index (χ0n) is 11.1. The minimum Gasteiger partial charge on any atom is -0.394 e. The molecule has 0 amide bonds. The van der Waals surface area contributed by atoms with Crippen molar-refractivity contribution in [2.45, 2.75) is 51.5 Å². The average Bonchev–Trinajstić information content (AvgIpc) is 2.99. The van der Waals surface area contributed by atoms with Crippen LogP contribution in [0.3, 0.4) is 0 Å². The topological polar surface area (TPSA) is 50.9 Å². The maximum atomic E-state index is 9.10. The second-order valence-corrected chi connectivity index (χ2v) is 6.16.